The van der Waals surface area contributed by atoms with Crippen molar-refractivity contribution in [3.05, 3.63) is 0 Å². The molecule has 0 fully saturated rings. The van der Waals surface area contributed by atoms with Gasteiger partial charge in [0, 0.05) is 0 Å². The van der Waals surface area contributed by atoms with Crippen LogP contribution < -0.4 is 14.4 Å². The number of halogens is 1. The van der Waals surface area contributed by atoms with E-state index in [4.69, 9.17) is 19.2 Å². The maximum atomic E-state index is 8.69. The van der Waals surface area contributed by atoms with Gasteiger partial charge >= 0.3 is 37.7 Å². The minimum atomic E-state index is -5.36. The summed E-state index contributed by atoms with van der Waals surface area (Å²) in [6.07, 6.45) is 0. The first-order valence-corrected chi connectivity index (χ1v) is 2.51. The quantitative estimate of drug-likeness (QED) is 0.368. The van der Waals surface area contributed by atoms with Gasteiger partial charge in [0.15, 0.2) is 0 Å². The van der Waals surface area contributed by atoms with Crippen molar-refractivity contribution in [2.24, 2.45) is 0 Å². The molecule has 0 unspecified atom stereocenters. The Hall–Kier alpha value is 1.61. The SMILES string of the molecule is [Ca+2].[ClH2+].[O-][Si]([O-])([O-])O. The monoisotopic (exact) mass is 170 g/mol. The second-order valence-electron chi connectivity index (χ2n) is 0.524. The largest absolute Gasteiger partial charge is 2.00 e. The van der Waals surface area contributed by atoms with Crippen molar-refractivity contribution >= 4 is 46.8 Å². The third-order valence-corrected chi connectivity index (χ3v) is 0. The van der Waals surface area contributed by atoms with E-state index in [-0.39, 0.29) is 50.1 Å². The summed E-state index contributed by atoms with van der Waals surface area (Å²) >= 11 is 0. The van der Waals surface area contributed by atoms with Gasteiger partial charge in [-0.05, 0) is 0 Å². The van der Waals surface area contributed by atoms with E-state index in [0.717, 1.165) is 0 Å². The predicted molar refractivity (Wildman–Crippen MR) is 16.5 cm³/mol. The zero-order valence-corrected chi connectivity index (χ0v) is 7.43. The predicted octanol–water partition coefficient (Wildman–Crippen LogP) is -5.42. The fourth-order valence-electron chi connectivity index (χ4n) is 0. The van der Waals surface area contributed by atoms with Crippen molar-refractivity contribution in [2.45, 2.75) is 0 Å². The Morgan fingerprint density at radius 1 is 1.14 bits per heavy atom. The number of rotatable bonds is 0. The normalized spacial score (nSPS) is 8.57. The molecule has 0 atom stereocenters. The average Bonchev–Trinajstić information content (AvgIpc) is 0.722. The molecule has 40 valence electrons. The van der Waals surface area contributed by atoms with Gasteiger partial charge in [-0.1, -0.05) is 0 Å². The van der Waals surface area contributed by atoms with Crippen LogP contribution in [0.2, 0.25) is 0 Å². The second kappa shape index (κ2) is 5.74. The first-order valence-electron chi connectivity index (χ1n) is 0.836. The molecular weight excluding hydrogens is 168 g/mol. The Bertz CT molecular complexity index is 27.2. The minimum Gasteiger partial charge on any atom is -0.861 e. The third-order valence-electron chi connectivity index (χ3n) is 0. The molecule has 0 bridgehead atoms. The van der Waals surface area contributed by atoms with Crippen molar-refractivity contribution in [2.75, 3.05) is 0 Å². The van der Waals surface area contributed by atoms with Crippen LogP contribution in [0.3, 0.4) is 0 Å². The van der Waals surface area contributed by atoms with Gasteiger partial charge in [0.2, 0.25) is 0 Å². The standard InChI is InChI=1S/Ca.ClH2.HO4Si/c;;1-5(2,3)4/h;1H2;1H/q+2;+1;-3. The Kier molecular flexibility index (Phi) is 13.0. The molecule has 0 saturated heterocycles. The van der Waals surface area contributed by atoms with Crippen LogP contribution in [0.5, 0.6) is 0 Å². The number of hydrogen-bond acceptors (Lipinski definition) is 4. The van der Waals surface area contributed by atoms with Crippen molar-refractivity contribution in [3.63, 3.8) is 0 Å². The van der Waals surface area contributed by atoms with Crippen LogP contribution in [0.15, 0.2) is 0 Å². The van der Waals surface area contributed by atoms with Crippen molar-refractivity contribution < 1.29 is 31.6 Å². The number of hydrogen-bond donors (Lipinski definition) is 1. The van der Waals surface area contributed by atoms with E-state index in [9.17, 15) is 0 Å². The summed E-state index contributed by atoms with van der Waals surface area (Å²) in [6, 6.07) is 0. The molecule has 7 heavy (non-hydrogen) atoms. The molecular formula is H3CaClO4Si. The minimum absolute atomic E-state index is 0. The van der Waals surface area contributed by atoms with Gasteiger partial charge in [0.25, 0.3) is 0 Å². The summed E-state index contributed by atoms with van der Waals surface area (Å²) in [4.78, 5) is 33.1. The molecule has 0 rings (SSSR count). The molecule has 0 amide bonds. The molecule has 1 N–H and O–H groups in total. The van der Waals surface area contributed by atoms with Crippen LogP contribution in [-0.4, -0.2) is 51.6 Å². The molecule has 0 spiro atoms. The Morgan fingerprint density at radius 3 is 1.14 bits per heavy atom. The Balaban J connectivity index is -0.0000000800. The van der Waals surface area contributed by atoms with Crippen molar-refractivity contribution in [1.82, 2.24) is 0 Å². The molecule has 0 aromatic heterocycles. The van der Waals surface area contributed by atoms with E-state index < -0.39 is 9.05 Å². The summed E-state index contributed by atoms with van der Waals surface area (Å²) in [5, 5.41) is 0. The van der Waals surface area contributed by atoms with Crippen molar-refractivity contribution in [3.8, 4) is 0 Å². The summed E-state index contributed by atoms with van der Waals surface area (Å²) in [5.74, 6) is 0. The van der Waals surface area contributed by atoms with E-state index in [0.29, 0.717) is 0 Å². The van der Waals surface area contributed by atoms with E-state index in [2.05, 4.69) is 0 Å². The summed E-state index contributed by atoms with van der Waals surface area (Å²) < 4.78 is 0. The van der Waals surface area contributed by atoms with Crippen LogP contribution in [0.1, 0.15) is 0 Å². The summed E-state index contributed by atoms with van der Waals surface area (Å²) in [7, 11) is -5.36. The maximum absolute atomic E-state index is 8.69. The maximum Gasteiger partial charge on any atom is 2.00 e. The van der Waals surface area contributed by atoms with Crippen LogP contribution in [0.4, 0.5) is 0 Å². The average molecular weight is 171 g/mol. The second-order valence-corrected chi connectivity index (χ2v) is 1.57. The zero-order chi connectivity index (χ0) is 4.50. The topological polar surface area (TPSA) is 89.4 Å². The fourth-order valence-corrected chi connectivity index (χ4v) is 0. The molecule has 0 radical (unpaired) electrons. The fraction of sp³-hybridized carbons (Fsp3) is 0. The van der Waals surface area contributed by atoms with Crippen LogP contribution in [0, 0.1) is 12.4 Å². The van der Waals surface area contributed by atoms with Crippen molar-refractivity contribution in [1.29, 1.82) is 0 Å². The van der Waals surface area contributed by atoms with Crippen LogP contribution in [-0.2, 0) is 0 Å². The smallest absolute Gasteiger partial charge is 0.861 e. The van der Waals surface area contributed by atoms with Crippen LogP contribution >= 0.6 is 0 Å². The molecule has 4 nitrogen and oxygen atoms in total. The van der Waals surface area contributed by atoms with Gasteiger partial charge in [-0.15, -0.1) is 9.05 Å². The molecule has 0 heterocycles. The summed E-state index contributed by atoms with van der Waals surface area (Å²) in [6.45, 7) is 0. The van der Waals surface area contributed by atoms with E-state index in [1.165, 1.54) is 0 Å². The molecule has 0 saturated carbocycles. The molecule has 0 aliphatic carbocycles. The Morgan fingerprint density at radius 2 is 1.14 bits per heavy atom. The van der Waals surface area contributed by atoms with Gasteiger partial charge < -0.3 is 19.2 Å². The Labute approximate surface area is 77.7 Å². The molecule has 0 aromatic rings. The zero-order valence-electron chi connectivity index (χ0n) is 3.33. The first-order chi connectivity index (χ1) is 2.00. The molecule has 0 aromatic carbocycles. The van der Waals surface area contributed by atoms with Gasteiger partial charge in [-0.3, -0.25) is 0 Å². The third kappa shape index (κ3) is 92.6. The van der Waals surface area contributed by atoms with Gasteiger partial charge in [-0.2, -0.15) is 0 Å². The van der Waals surface area contributed by atoms with E-state index in [1.807, 2.05) is 0 Å². The van der Waals surface area contributed by atoms with Gasteiger partial charge in [0.1, 0.15) is 0 Å². The van der Waals surface area contributed by atoms with Gasteiger partial charge in [0.05, 0.1) is 12.4 Å². The van der Waals surface area contributed by atoms with Crippen LogP contribution in [0.25, 0.3) is 0 Å². The summed E-state index contributed by atoms with van der Waals surface area (Å²) in [5.41, 5.74) is 0. The molecule has 0 aliphatic heterocycles. The molecule has 7 heteroatoms. The van der Waals surface area contributed by atoms with Gasteiger partial charge in [-0.25, -0.2) is 0 Å². The first kappa shape index (κ1) is 15.8. The molecule has 0 aliphatic rings. The van der Waals surface area contributed by atoms with E-state index >= 15 is 0 Å². The van der Waals surface area contributed by atoms with E-state index in [1.54, 1.807) is 0 Å².